The van der Waals surface area contributed by atoms with Crippen molar-refractivity contribution in [2.75, 3.05) is 11.9 Å². The Morgan fingerprint density at radius 1 is 1.04 bits per heavy atom. The zero-order valence-corrected chi connectivity index (χ0v) is 14.3. The molecule has 0 atom stereocenters. The van der Waals surface area contributed by atoms with E-state index in [9.17, 15) is 4.79 Å². The van der Waals surface area contributed by atoms with Gasteiger partial charge in [0.05, 0.1) is 12.3 Å². The molecule has 2 heterocycles. The van der Waals surface area contributed by atoms with Crippen molar-refractivity contribution in [2.45, 2.75) is 13.5 Å². The lowest BCUT2D eigenvalue weighted by Gasteiger charge is -2.11. The maximum absolute atomic E-state index is 12.2. The second kappa shape index (κ2) is 8.57. The summed E-state index contributed by atoms with van der Waals surface area (Å²) in [6.45, 7) is 2.90. The van der Waals surface area contributed by atoms with Gasteiger partial charge >= 0.3 is 0 Å². The van der Waals surface area contributed by atoms with Crippen molar-refractivity contribution < 1.29 is 9.53 Å². The number of para-hydroxylation sites is 2. The zero-order valence-electron chi connectivity index (χ0n) is 14.3. The SMILES string of the molecule is CCOc1ccccc1Nc1ccc(C(=O)NCc2ccncc2)nn1. The summed E-state index contributed by atoms with van der Waals surface area (Å²) in [5.41, 5.74) is 2.01. The number of carbonyl (C=O) groups is 1. The van der Waals surface area contributed by atoms with E-state index in [0.717, 1.165) is 17.0 Å². The third-order valence-electron chi connectivity index (χ3n) is 3.55. The molecule has 0 saturated heterocycles. The summed E-state index contributed by atoms with van der Waals surface area (Å²) in [7, 11) is 0. The highest BCUT2D eigenvalue weighted by molar-refractivity contribution is 5.92. The number of nitrogens with one attached hydrogen (secondary N) is 2. The normalized spacial score (nSPS) is 10.2. The van der Waals surface area contributed by atoms with Crippen LogP contribution >= 0.6 is 0 Å². The van der Waals surface area contributed by atoms with Gasteiger partial charge in [-0.3, -0.25) is 9.78 Å². The minimum atomic E-state index is -0.282. The summed E-state index contributed by atoms with van der Waals surface area (Å²) in [6, 6.07) is 14.6. The molecular weight excluding hydrogens is 330 g/mol. The topological polar surface area (TPSA) is 89.0 Å². The highest BCUT2D eigenvalue weighted by Gasteiger charge is 2.09. The number of benzene rings is 1. The van der Waals surface area contributed by atoms with Crippen LogP contribution in [0.1, 0.15) is 23.0 Å². The molecule has 7 heteroatoms. The molecule has 132 valence electrons. The Hall–Kier alpha value is -3.48. The van der Waals surface area contributed by atoms with E-state index >= 15 is 0 Å². The number of carbonyl (C=O) groups excluding carboxylic acids is 1. The van der Waals surface area contributed by atoms with Gasteiger partial charge in [-0.15, -0.1) is 10.2 Å². The second-order valence-corrected chi connectivity index (χ2v) is 5.40. The lowest BCUT2D eigenvalue weighted by Crippen LogP contribution is -2.24. The van der Waals surface area contributed by atoms with E-state index in [1.807, 2.05) is 43.3 Å². The maximum atomic E-state index is 12.2. The quantitative estimate of drug-likeness (QED) is 0.682. The maximum Gasteiger partial charge on any atom is 0.272 e. The molecule has 3 rings (SSSR count). The second-order valence-electron chi connectivity index (χ2n) is 5.40. The molecule has 1 aromatic carbocycles. The number of nitrogens with zero attached hydrogens (tertiary/aromatic N) is 3. The number of rotatable bonds is 7. The molecule has 0 unspecified atom stereocenters. The summed E-state index contributed by atoms with van der Waals surface area (Å²) in [5.74, 6) is 0.981. The Bertz CT molecular complexity index is 853. The van der Waals surface area contributed by atoms with Crippen LogP contribution in [0.15, 0.2) is 60.9 Å². The van der Waals surface area contributed by atoms with E-state index in [2.05, 4.69) is 25.8 Å². The molecule has 0 fully saturated rings. The number of ether oxygens (including phenoxy) is 1. The van der Waals surface area contributed by atoms with Crippen molar-refractivity contribution in [3.63, 3.8) is 0 Å². The molecule has 26 heavy (non-hydrogen) atoms. The molecule has 2 N–H and O–H groups in total. The van der Waals surface area contributed by atoms with Crippen molar-refractivity contribution in [3.05, 3.63) is 72.2 Å². The first-order valence-corrected chi connectivity index (χ1v) is 8.26. The minimum Gasteiger partial charge on any atom is -0.492 e. The smallest absolute Gasteiger partial charge is 0.272 e. The van der Waals surface area contributed by atoms with Crippen molar-refractivity contribution in [1.29, 1.82) is 0 Å². The summed E-state index contributed by atoms with van der Waals surface area (Å²) in [4.78, 5) is 16.1. The molecular formula is C19H19N5O2. The third-order valence-corrected chi connectivity index (χ3v) is 3.55. The number of pyridine rings is 1. The van der Waals surface area contributed by atoms with Gasteiger partial charge < -0.3 is 15.4 Å². The van der Waals surface area contributed by atoms with Gasteiger partial charge in [-0.05, 0) is 48.9 Å². The van der Waals surface area contributed by atoms with Gasteiger partial charge in [0.1, 0.15) is 5.75 Å². The lowest BCUT2D eigenvalue weighted by atomic mass is 10.2. The first kappa shape index (κ1) is 17.3. The highest BCUT2D eigenvalue weighted by atomic mass is 16.5. The van der Waals surface area contributed by atoms with Crippen LogP contribution in [-0.4, -0.2) is 27.7 Å². The summed E-state index contributed by atoms with van der Waals surface area (Å²) in [5, 5.41) is 14.0. The monoisotopic (exact) mass is 349 g/mol. The molecule has 1 amide bonds. The number of aromatic nitrogens is 3. The zero-order chi connectivity index (χ0) is 18.2. The number of amides is 1. The Balaban J connectivity index is 1.62. The first-order valence-electron chi connectivity index (χ1n) is 8.26. The predicted molar refractivity (Wildman–Crippen MR) is 98.3 cm³/mol. The van der Waals surface area contributed by atoms with E-state index in [0.29, 0.717) is 19.0 Å². The molecule has 0 aliphatic carbocycles. The Labute approximate surface area is 151 Å². The van der Waals surface area contributed by atoms with Crippen LogP contribution < -0.4 is 15.4 Å². The van der Waals surface area contributed by atoms with E-state index in [-0.39, 0.29) is 11.6 Å². The number of hydrogen-bond acceptors (Lipinski definition) is 6. The van der Waals surface area contributed by atoms with Gasteiger partial charge in [0.15, 0.2) is 11.5 Å². The largest absolute Gasteiger partial charge is 0.492 e. The molecule has 0 aliphatic rings. The summed E-state index contributed by atoms with van der Waals surface area (Å²) >= 11 is 0. The van der Waals surface area contributed by atoms with Gasteiger partial charge in [0.2, 0.25) is 0 Å². The number of hydrogen-bond donors (Lipinski definition) is 2. The van der Waals surface area contributed by atoms with Gasteiger partial charge in [0, 0.05) is 18.9 Å². The Morgan fingerprint density at radius 3 is 2.58 bits per heavy atom. The molecule has 3 aromatic rings. The van der Waals surface area contributed by atoms with Crippen LogP contribution in [0.3, 0.4) is 0 Å². The molecule has 0 radical (unpaired) electrons. The standard InChI is InChI=1S/C19H19N5O2/c1-2-26-17-6-4-3-5-15(17)22-18-8-7-16(23-24-18)19(25)21-13-14-9-11-20-12-10-14/h3-12H,2,13H2,1H3,(H,21,25)(H,22,24). The predicted octanol–water partition coefficient (Wildman–Crippen LogP) is 2.94. The minimum absolute atomic E-state index is 0.252. The van der Waals surface area contributed by atoms with Crippen LogP contribution in [0.2, 0.25) is 0 Å². The molecule has 0 spiro atoms. The van der Waals surface area contributed by atoms with E-state index < -0.39 is 0 Å². The van der Waals surface area contributed by atoms with E-state index in [1.165, 1.54) is 0 Å². The molecule has 0 bridgehead atoms. The third kappa shape index (κ3) is 4.54. The first-order chi connectivity index (χ1) is 12.8. The Kier molecular flexibility index (Phi) is 5.72. The lowest BCUT2D eigenvalue weighted by molar-refractivity contribution is 0.0945. The average Bonchev–Trinajstić information content (AvgIpc) is 2.69. The number of anilines is 2. The van der Waals surface area contributed by atoms with E-state index in [1.54, 1.807) is 24.5 Å². The van der Waals surface area contributed by atoms with Crippen molar-refractivity contribution >= 4 is 17.4 Å². The van der Waals surface area contributed by atoms with Crippen molar-refractivity contribution in [1.82, 2.24) is 20.5 Å². The van der Waals surface area contributed by atoms with Crippen LogP contribution in [-0.2, 0) is 6.54 Å². The summed E-state index contributed by atoms with van der Waals surface area (Å²) in [6.07, 6.45) is 3.36. The fraction of sp³-hybridized carbons (Fsp3) is 0.158. The van der Waals surface area contributed by atoms with Gasteiger partial charge in [-0.25, -0.2) is 0 Å². The molecule has 7 nitrogen and oxygen atoms in total. The Morgan fingerprint density at radius 2 is 1.85 bits per heavy atom. The molecule has 0 saturated carbocycles. The fourth-order valence-electron chi connectivity index (χ4n) is 2.28. The van der Waals surface area contributed by atoms with Crippen LogP contribution in [0, 0.1) is 0 Å². The molecule has 0 aliphatic heterocycles. The van der Waals surface area contributed by atoms with Gasteiger partial charge in [-0.1, -0.05) is 12.1 Å². The van der Waals surface area contributed by atoms with Crippen LogP contribution in [0.25, 0.3) is 0 Å². The van der Waals surface area contributed by atoms with E-state index in [4.69, 9.17) is 4.74 Å². The highest BCUT2D eigenvalue weighted by Crippen LogP contribution is 2.26. The molecule has 2 aromatic heterocycles. The van der Waals surface area contributed by atoms with Crippen LogP contribution in [0.5, 0.6) is 5.75 Å². The van der Waals surface area contributed by atoms with Crippen molar-refractivity contribution in [3.8, 4) is 5.75 Å². The fourth-order valence-corrected chi connectivity index (χ4v) is 2.28. The summed E-state index contributed by atoms with van der Waals surface area (Å²) < 4.78 is 5.57. The average molecular weight is 349 g/mol. The van der Waals surface area contributed by atoms with Crippen molar-refractivity contribution in [2.24, 2.45) is 0 Å². The van der Waals surface area contributed by atoms with Gasteiger partial charge in [0.25, 0.3) is 5.91 Å². The van der Waals surface area contributed by atoms with Gasteiger partial charge in [-0.2, -0.15) is 0 Å². The van der Waals surface area contributed by atoms with Crippen LogP contribution in [0.4, 0.5) is 11.5 Å².